The Morgan fingerprint density at radius 2 is 2.20 bits per heavy atom. The summed E-state index contributed by atoms with van der Waals surface area (Å²) in [4.78, 5) is 9.04. The lowest BCUT2D eigenvalue weighted by molar-refractivity contribution is 0.350. The molecule has 0 radical (unpaired) electrons. The molecule has 1 N–H and O–H groups in total. The van der Waals surface area contributed by atoms with Crippen molar-refractivity contribution < 1.29 is 4.52 Å². The maximum Gasteiger partial charge on any atom is 0.257 e. The Labute approximate surface area is 146 Å². The van der Waals surface area contributed by atoms with E-state index in [1.807, 2.05) is 35.9 Å². The standard InChI is InChI=1S/C18H22N6O/c1-3-15-20-17-8-7-14(11-24(17)22-15)19-10-16-21-18(25-23-16)13-6-4-5-12(2)9-13/h4-6,9,14,19H,3,7-8,10-11H2,1-2H3/t14-/m0/s1. The minimum atomic E-state index is 0.347. The Morgan fingerprint density at radius 3 is 3.04 bits per heavy atom. The van der Waals surface area contributed by atoms with Gasteiger partial charge in [0, 0.05) is 24.4 Å². The van der Waals surface area contributed by atoms with E-state index in [1.165, 1.54) is 5.56 Å². The molecule has 0 unspecified atom stereocenters. The van der Waals surface area contributed by atoms with Crippen LogP contribution in [0.25, 0.3) is 11.5 Å². The molecule has 7 nitrogen and oxygen atoms in total. The molecule has 2 aromatic heterocycles. The van der Waals surface area contributed by atoms with Gasteiger partial charge < -0.3 is 9.84 Å². The first-order chi connectivity index (χ1) is 12.2. The van der Waals surface area contributed by atoms with E-state index in [0.29, 0.717) is 24.3 Å². The largest absolute Gasteiger partial charge is 0.334 e. The first-order valence-electron chi connectivity index (χ1n) is 8.77. The second kappa shape index (κ2) is 6.76. The van der Waals surface area contributed by atoms with Gasteiger partial charge in [-0.1, -0.05) is 29.8 Å². The SMILES string of the molecule is CCc1nc2n(n1)C[C@@H](NCc1noc(-c3cccc(C)c3)n1)CC2. The highest BCUT2D eigenvalue weighted by Crippen LogP contribution is 2.18. The van der Waals surface area contributed by atoms with Crippen LogP contribution >= 0.6 is 0 Å². The Balaban J connectivity index is 1.38. The number of aryl methyl sites for hydroxylation is 3. The topological polar surface area (TPSA) is 81.7 Å². The number of hydrogen-bond donors (Lipinski definition) is 1. The number of nitrogens with one attached hydrogen (secondary N) is 1. The van der Waals surface area contributed by atoms with Crippen LogP contribution in [-0.4, -0.2) is 30.9 Å². The van der Waals surface area contributed by atoms with Crippen LogP contribution < -0.4 is 5.32 Å². The molecule has 0 spiro atoms. The molecule has 0 saturated carbocycles. The molecule has 0 fully saturated rings. The van der Waals surface area contributed by atoms with Crippen molar-refractivity contribution in [1.82, 2.24) is 30.2 Å². The molecular formula is C18H22N6O. The van der Waals surface area contributed by atoms with Crippen molar-refractivity contribution in [3.8, 4) is 11.5 Å². The van der Waals surface area contributed by atoms with E-state index in [4.69, 9.17) is 4.52 Å². The molecular weight excluding hydrogens is 316 g/mol. The second-order valence-electron chi connectivity index (χ2n) is 6.48. The van der Waals surface area contributed by atoms with E-state index >= 15 is 0 Å². The summed E-state index contributed by atoms with van der Waals surface area (Å²) in [5.74, 6) is 3.26. The predicted molar refractivity (Wildman–Crippen MR) is 92.8 cm³/mol. The number of fused-ring (bicyclic) bond motifs is 1. The number of nitrogens with zero attached hydrogens (tertiary/aromatic N) is 5. The maximum absolute atomic E-state index is 5.39. The summed E-state index contributed by atoms with van der Waals surface area (Å²) in [6, 6.07) is 8.42. The molecule has 1 aliphatic rings. The first kappa shape index (κ1) is 16.0. The van der Waals surface area contributed by atoms with Crippen LogP contribution in [0.3, 0.4) is 0 Å². The lowest BCUT2D eigenvalue weighted by Crippen LogP contribution is -2.37. The zero-order valence-corrected chi connectivity index (χ0v) is 14.6. The highest BCUT2D eigenvalue weighted by atomic mass is 16.5. The van der Waals surface area contributed by atoms with Crippen LogP contribution in [0, 0.1) is 6.92 Å². The van der Waals surface area contributed by atoms with Crippen molar-refractivity contribution in [2.24, 2.45) is 0 Å². The average Bonchev–Trinajstić information content (AvgIpc) is 3.26. The lowest BCUT2D eigenvalue weighted by atomic mass is 10.1. The minimum Gasteiger partial charge on any atom is -0.334 e. The van der Waals surface area contributed by atoms with Gasteiger partial charge >= 0.3 is 0 Å². The van der Waals surface area contributed by atoms with Gasteiger partial charge in [-0.3, -0.25) is 0 Å². The zero-order chi connectivity index (χ0) is 17.2. The molecule has 7 heteroatoms. The van der Waals surface area contributed by atoms with E-state index in [-0.39, 0.29) is 0 Å². The summed E-state index contributed by atoms with van der Waals surface area (Å²) in [7, 11) is 0. The van der Waals surface area contributed by atoms with E-state index in [2.05, 4.69) is 32.5 Å². The van der Waals surface area contributed by atoms with Crippen molar-refractivity contribution in [2.75, 3.05) is 0 Å². The minimum absolute atomic E-state index is 0.347. The van der Waals surface area contributed by atoms with Gasteiger partial charge in [-0.15, -0.1) is 0 Å². The molecule has 3 aromatic rings. The molecule has 0 saturated heterocycles. The van der Waals surface area contributed by atoms with Crippen LogP contribution in [0.1, 0.15) is 36.4 Å². The van der Waals surface area contributed by atoms with E-state index in [1.54, 1.807) is 0 Å². The van der Waals surface area contributed by atoms with E-state index < -0.39 is 0 Å². The Morgan fingerprint density at radius 1 is 1.28 bits per heavy atom. The van der Waals surface area contributed by atoms with Crippen LogP contribution in [0.15, 0.2) is 28.8 Å². The van der Waals surface area contributed by atoms with Crippen molar-refractivity contribution in [3.63, 3.8) is 0 Å². The smallest absolute Gasteiger partial charge is 0.257 e. The van der Waals surface area contributed by atoms with E-state index in [9.17, 15) is 0 Å². The molecule has 0 bridgehead atoms. The first-order valence-corrected chi connectivity index (χ1v) is 8.77. The fourth-order valence-electron chi connectivity index (χ4n) is 3.13. The summed E-state index contributed by atoms with van der Waals surface area (Å²) >= 11 is 0. The third-order valence-electron chi connectivity index (χ3n) is 4.50. The Bertz CT molecular complexity index is 868. The summed E-state index contributed by atoms with van der Waals surface area (Å²) in [5.41, 5.74) is 2.13. The highest BCUT2D eigenvalue weighted by molar-refractivity contribution is 5.53. The monoisotopic (exact) mass is 338 g/mol. The van der Waals surface area contributed by atoms with Gasteiger partial charge in [-0.2, -0.15) is 10.1 Å². The number of hydrogen-bond acceptors (Lipinski definition) is 6. The number of rotatable bonds is 5. The fraction of sp³-hybridized carbons (Fsp3) is 0.444. The fourth-order valence-corrected chi connectivity index (χ4v) is 3.13. The van der Waals surface area contributed by atoms with Crippen molar-refractivity contribution in [1.29, 1.82) is 0 Å². The van der Waals surface area contributed by atoms with Crippen molar-refractivity contribution in [3.05, 3.63) is 47.3 Å². The van der Waals surface area contributed by atoms with Gasteiger partial charge in [0.15, 0.2) is 11.6 Å². The van der Waals surface area contributed by atoms with Gasteiger partial charge in [0.2, 0.25) is 0 Å². The molecule has 0 aliphatic carbocycles. The number of benzene rings is 1. The molecule has 1 atom stereocenters. The van der Waals surface area contributed by atoms with Crippen molar-refractivity contribution >= 4 is 0 Å². The van der Waals surface area contributed by atoms with Crippen LogP contribution in [0.2, 0.25) is 0 Å². The normalized spacial score (nSPS) is 16.8. The number of aromatic nitrogens is 5. The molecule has 0 amide bonds. The molecule has 3 heterocycles. The summed E-state index contributed by atoms with van der Waals surface area (Å²) in [6.07, 6.45) is 2.87. The van der Waals surface area contributed by atoms with Crippen LogP contribution in [0.5, 0.6) is 0 Å². The Kier molecular flexibility index (Phi) is 4.31. The third kappa shape index (κ3) is 3.46. The van der Waals surface area contributed by atoms with E-state index in [0.717, 1.165) is 43.0 Å². The Hall–Kier alpha value is -2.54. The average molecular weight is 338 g/mol. The molecule has 4 rings (SSSR count). The zero-order valence-electron chi connectivity index (χ0n) is 14.6. The van der Waals surface area contributed by atoms with Crippen molar-refractivity contribution in [2.45, 2.75) is 52.2 Å². The quantitative estimate of drug-likeness (QED) is 0.769. The van der Waals surface area contributed by atoms with Gasteiger partial charge in [-0.05, 0) is 25.5 Å². The molecule has 1 aliphatic heterocycles. The predicted octanol–water partition coefficient (Wildman–Crippen LogP) is 2.30. The van der Waals surface area contributed by atoms with Gasteiger partial charge in [0.25, 0.3) is 5.89 Å². The lowest BCUT2D eigenvalue weighted by Gasteiger charge is -2.22. The molecule has 25 heavy (non-hydrogen) atoms. The highest BCUT2D eigenvalue weighted by Gasteiger charge is 2.21. The summed E-state index contributed by atoms with van der Waals surface area (Å²) < 4.78 is 7.41. The third-order valence-corrected chi connectivity index (χ3v) is 4.50. The molecule has 130 valence electrons. The van der Waals surface area contributed by atoms with Crippen LogP contribution in [0.4, 0.5) is 0 Å². The summed E-state index contributed by atoms with van der Waals surface area (Å²) in [5, 5.41) is 12.1. The maximum atomic E-state index is 5.39. The van der Waals surface area contributed by atoms with Gasteiger partial charge in [-0.25, -0.2) is 9.67 Å². The second-order valence-corrected chi connectivity index (χ2v) is 6.48. The van der Waals surface area contributed by atoms with Gasteiger partial charge in [0.1, 0.15) is 5.82 Å². The molecule has 1 aromatic carbocycles. The summed E-state index contributed by atoms with van der Waals surface area (Å²) in [6.45, 7) is 5.56. The van der Waals surface area contributed by atoms with Gasteiger partial charge in [0.05, 0.1) is 13.1 Å². The van der Waals surface area contributed by atoms with Crippen LogP contribution in [-0.2, 0) is 25.9 Å².